The van der Waals surface area contributed by atoms with Crippen LogP contribution < -0.4 is 4.90 Å². The van der Waals surface area contributed by atoms with Crippen LogP contribution in [0.5, 0.6) is 0 Å². The van der Waals surface area contributed by atoms with Crippen LogP contribution in [0.2, 0.25) is 0 Å². The molecule has 2 atom stereocenters. The highest BCUT2D eigenvalue weighted by molar-refractivity contribution is 7.81. The van der Waals surface area contributed by atoms with Gasteiger partial charge in [0.15, 0.2) is 11.6 Å². The van der Waals surface area contributed by atoms with Crippen LogP contribution in [0, 0.1) is 17.5 Å². The van der Waals surface area contributed by atoms with E-state index in [-0.39, 0.29) is 23.5 Å². The summed E-state index contributed by atoms with van der Waals surface area (Å²) < 4.78 is 45.3. The third-order valence-electron chi connectivity index (χ3n) is 4.14. The van der Waals surface area contributed by atoms with Crippen molar-refractivity contribution < 1.29 is 17.9 Å². The Morgan fingerprint density at radius 2 is 1.75 bits per heavy atom. The van der Waals surface area contributed by atoms with E-state index in [0.29, 0.717) is 12.7 Å². The van der Waals surface area contributed by atoms with Crippen molar-refractivity contribution in [3.05, 3.63) is 65.5 Å². The summed E-state index contributed by atoms with van der Waals surface area (Å²) in [6, 6.07) is 11.4. The van der Waals surface area contributed by atoms with Gasteiger partial charge in [0.2, 0.25) is 0 Å². The summed E-state index contributed by atoms with van der Waals surface area (Å²) in [4.78, 5) is 2.21. The van der Waals surface area contributed by atoms with E-state index in [0.717, 1.165) is 24.7 Å². The summed E-state index contributed by atoms with van der Waals surface area (Å²) in [7, 11) is 0. The van der Waals surface area contributed by atoms with Crippen LogP contribution in [0.1, 0.15) is 12.0 Å². The second-order valence-corrected chi connectivity index (χ2v) is 6.63. The fourth-order valence-corrected chi connectivity index (χ4v) is 3.38. The van der Waals surface area contributed by atoms with E-state index >= 15 is 0 Å². The molecule has 6 heteroatoms. The zero-order chi connectivity index (χ0) is 17.1. The van der Waals surface area contributed by atoms with Gasteiger partial charge in [-0.3, -0.25) is 0 Å². The summed E-state index contributed by atoms with van der Waals surface area (Å²) in [6.07, 6.45) is 0.846. The van der Waals surface area contributed by atoms with Crippen molar-refractivity contribution in [2.24, 2.45) is 0 Å². The van der Waals surface area contributed by atoms with Gasteiger partial charge in [0.1, 0.15) is 5.82 Å². The molecule has 128 valence electrons. The van der Waals surface area contributed by atoms with Gasteiger partial charge >= 0.3 is 0 Å². The molecule has 0 aromatic heterocycles. The predicted molar refractivity (Wildman–Crippen MR) is 90.9 cm³/mol. The Morgan fingerprint density at radius 3 is 2.50 bits per heavy atom. The fraction of sp³-hybridized carbons (Fsp3) is 0.333. The molecule has 0 N–H and O–H groups in total. The molecule has 2 aromatic carbocycles. The number of benzene rings is 2. The normalized spacial score (nSPS) is 20.6. The SMILES string of the molecule is Fc1cc(F)c(COC[C@@H]2C[C@@H](S)CN2c2ccccc2)cc1F. The summed E-state index contributed by atoms with van der Waals surface area (Å²) >= 11 is 4.55. The number of ether oxygens (including phenoxy) is 1. The molecule has 0 saturated carbocycles. The van der Waals surface area contributed by atoms with Gasteiger partial charge in [-0.2, -0.15) is 12.6 Å². The first-order chi connectivity index (χ1) is 11.5. The molecule has 0 aliphatic carbocycles. The predicted octanol–water partition coefficient (Wildman–Crippen LogP) is 4.20. The number of para-hydroxylation sites is 1. The van der Waals surface area contributed by atoms with Crippen LogP contribution >= 0.6 is 12.6 Å². The number of thiol groups is 1. The van der Waals surface area contributed by atoms with E-state index in [1.165, 1.54) is 0 Å². The Hall–Kier alpha value is -1.66. The van der Waals surface area contributed by atoms with Gasteiger partial charge in [0.05, 0.1) is 19.3 Å². The molecule has 1 fully saturated rings. The Kier molecular flexibility index (Phi) is 5.36. The first-order valence-electron chi connectivity index (χ1n) is 7.75. The summed E-state index contributed by atoms with van der Waals surface area (Å²) in [5, 5.41) is 0.235. The molecular weight excluding hydrogens is 335 g/mol. The lowest BCUT2D eigenvalue weighted by molar-refractivity contribution is 0.106. The number of hydrogen-bond donors (Lipinski definition) is 1. The molecule has 1 aliphatic heterocycles. The molecule has 0 bridgehead atoms. The maximum absolute atomic E-state index is 13.6. The van der Waals surface area contributed by atoms with Gasteiger partial charge in [-0.05, 0) is 24.6 Å². The summed E-state index contributed by atoms with van der Waals surface area (Å²) in [6.45, 7) is 1.07. The van der Waals surface area contributed by atoms with Crippen molar-refractivity contribution in [3.8, 4) is 0 Å². The van der Waals surface area contributed by atoms with Gasteiger partial charge in [0, 0.05) is 29.1 Å². The van der Waals surface area contributed by atoms with Crippen LogP contribution in [-0.2, 0) is 11.3 Å². The number of anilines is 1. The molecule has 0 spiro atoms. The standard InChI is InChI=1S/C18H18F3NOS/c19-16-8-18(21)17(20)6-12(16)10-23-11-14-7-15(24)9-22(14)13-4-2-1-3-5-13/h1-6,8,14-15,24H,7,9-11H2/t14-,15+/m0/s1. The van der Waals surface area contributed by atoms with Gasteiger partial charge in [0.25, 0.3) is 0 Å². The first-order valence-corrected chi connectivity index (χ1v) is 8.27. The largest absolute Gasteiger partial charge is 0.375 e. The minimum Gasteiger partial charge on any atom is -0.375 e. The molecule has 1 aliphatic rings. The molecule has 2 aromatic rings. The van der Waals surface area contributed by atoms with E-state index in [1.54, 1.807) is 0 Å². The Labute approximate surface area is 144 Å². The molecular formula is C18H18F3NOS. The fourth-order valence-electron chi connectivity index (χ4n) is 2.96. The van der Waals surface area contributed by atoms with Gasteiger partial charge in [-0.1, -0.05) is 18.2 Å². The number of halogens is 3. The van der Waals surface area contributed by atoms with Crippen LogP contribution in [0.15, 0.2) is 42.5 Å². The highest BCUT2D eigenvalue weighted by Crippen LogP contribution is 2.28. The molecule has 1 heterocycles. The number of rotatable bonds is 5. The monoisotopic (exact) mass is 353 g/mol. The third-order valence-corrected chi connectivity index (χ3v) is 4.51. The Balaban J connectivity index is 1.62. The highest BCUT2D eigenvalue weighted by Gasteiger charge is 2.30. The molecule has 24 heavy (non-hydrogen) atoms. The van der Waals surface area contributed by atoms with Gasteiger partial charge < -0.3 is 9.64 Å². The maximum Gasteiger partial charge on any atom is 0.161 e. The average molecular weight is 353 g/mol. The van der Waals surface area contributed by atoms with Crippen molar-refractivity contribution >= 4 is 18.3 Å². The second-order valence-electron chi connectivity index (χ2n) is 5.90. The molecule has 1 saturated heterocycles. The van der Waals surface area contributed by atoms with Crippen molar-refractivity contribution in [2.45, 2.75) is 24.3 Å². The first kappa shape index (κ1) is 17.2. The van der Waals surface area contributed by atoms with Crippen LogP contribution in [0.3, 0.4) is 0 Å². The molecule has 3 rings (SSSR count). The molecule has 0 amide bonds. The molecule has 0 unspecified atom stereocenters. The number of nitrogens with zero attached hydrogens (tertiary/aromatic N) is 1. The van der Waals surface area contributed by atoms with Crippen molar-refractivity contribution in [1.82, 2.24) is 0 Å². The average Bonchev–Trinajstić information content (AvgIpc) is 2.94. The topological polar surface area (TPSA) is 12.5 Å². The van der Waals surface area contributed by atoms with E-state index in [2.05, 4.69) is 17.5 Å². The minimum absolute atomic E-state index is 0.0144. The lowest BCUT2D eigenvalue weighted by Gasteiger charge is -2.26. The zero-order valence-electron chi connectivity index (χ0n) is 13.0. The molecule has 2 nitrogen and oxygen atoms in total. The van der Waals surface area contributed by atoms with Crippen molar-refractivity contribution in [2.75, 3.05) is 18.1 Å². The lowest BCUT2D eigenvalue weighted by Crippen LogP contribution is -2.33. The highest BCUT2D eigenvalue weighted by atomic mass is 32.1. The van der Waals surface area contributed by atoms with Crippen LogP contribution in [-0.4, -0.2) is 24.4 Å². The second kappa shape index (κ2) is 7.49. The van der Waals surface area contributed by atoms with Gasteiger partial charge in [-0.25, -0.2) is 13.2 Å². The van der Waals surface area contributed by atoms with Crippen molar-refractivity contribution in [3.63, 3.8) is 0 Å². The lowest BCUT2D eigenvalue weighted by atomic mass is 10.2. The Bertz CT molecular complexity index is 698. The van der Waals surface area contributed by atoms with E-state index in [1.807, 2.05) is 30.3 Å². The van der Waals surface area contributed by atoms with Crippen molar-refractivity contribution in [1.29, 1.82) is 0 Å². The van der Waals surface area contributed by atoms with Crippen LogP contribution in [0.4, 0.5) is 18.9 Å². The zero-order valence-corrected chi connectivity index (χ0v) is 13.9. The van der Waals surface area contributed by atoms with E-state index in [9.17, 15) is 13.2 Å². The Morgan fingerprint density at radius 1 is 1.04 bits per heavy atom. The number of hydrogen-bond acceptors (Lipinski definition) is 3. The van der Waals surface area contributed by atoms with Gasteiger partial charge in [-0.15, -0.1) is 0 Å². The van der Waals surface area contributed by atoms with Crippen LogP contribution in [0.25, 0.3) is 0 Å². The van der Waals surface area contributed by atoms with E-state index < -0.39 is 17.5 Å². The third kappa shape index (κ3) is 3.87. The summed E-state index contributed by atoms with van der Waals surface area (Å²) in [5.74, 6) is -3.07. The summed E-state index contributed by atoms with van der Waals surface area (Å²) in [5.41, 5.74) is 1.10. The maximum atomic E-state index is 13.6. The molecule has 0 radical (unpaired) electrons. The quantitative estimate of drug-likeness (QED) is 0.639. The minimum atomic E-state index is -1.19. The smallest absolute Gasteiger partial charge is 0.161 e. The van der Waals surface area contributed by atoms with E-state index in [4.69, 9.17) is 4.74 Å².